The molecule has 0 saturated carbocycles. The second-order valence-electron chi connectivity index (χ2n) is 7.21. The van der Waals surface area contributed by atoms with Gasteiger partial charge in [0.2, 0.25) is 5.88 Å². The number of anilines is 1. The van der Waals surface area contributed by atoms with Crippen LogP contribution < -0.4 is 14.4 Å². The van der Waals surface area contributed by atoms with Crippen molar-refractivity contribution in [1.29, 1.82) is 0 Å². The number of hydrogen-bond donors (Lipinski definition) is 0. The first-order valence-electron chi connectivity index (χ1n) is 9.66. The van der Waals surface area contributed by atoms with Gasteiger partial charge in [-0.2, -0.15) is 0 Å². The number of Topliss-reactive ketones (excluding diaryl/α,β-unsaturated/α-hetero) is 1. The highest BCUT2D eigenvalue weighted by Gasteiger charge is 2.29. The summed E-state index contributed by atoms with van der Waals surface area (Å²) in [6.45, 7) is 3.04. The minimum atomic E-state index is -0.0943. The minimum absolute atomic E-state index is 0.0696. The Labute approximate surface area is 171 Å². The van der Waals surface area contributed by atoms with E-state index in [2.05, 4.69) is 4.98 Å². The molecule has 0 atom stereocenters. The number of ether oxygens (including phenoxy) is 2. The summed E-state index contributed by atoms with van der Waals surface area (Å²) in [7, 11) is 4.90. The smallest absolute Gasteiger partial charge is 0.324 e. The maximum atomic E-state index is 12.9. The Balaban J connectivity index is 1.59. The molecule has 7 nitrogen and oxygen atoms in total. The predicted molar refractivity (Wildman–Crippen MR) is 111 cm³/mol. The van der Waals surface area contributed by atoms with Crippen LogP contribution in [0.25, 0.3) is 0 Å². The number of methoxy groups -OCH3 is 2. The van der Waals surface area contributed by atoms with Gasteiger partial charge in [0, 0.05) is 37.7 Å². The molecule has 1 aromatic heterocycles. The molecule has 0 unspecified atom stereocenters. The molecule has 1 aromatic carbocycles. The van der Waals surface area contributed by atoms with Crippen LogP contribution >= 0.6 is 0 Å². The molecule has 2 aromatic rings. The highest BCUT2D eigenvalue weighted by molar-refractivity contribution is 5.98. The summed E-state index contributed by atoms with van der Waals surface area (Å²) in [5.41, 5.74) is 2.35. The van der Waals surface area contributed by atoms with Crippen LogP contribution in [0.5, 0.6) is 11.6 Å². The van der Waals surface area contributed by atoms with Gasteiger partial charge in [-0.05, 0) is 49.6 Å². The van der Waals surface area contributed by atoms with Gasteiger partial charge in [0.1, 0.15) is 5.75 Å². The van der Waals surface area contributed by atoms with E-state index < -0.39 is 0 Å². The third-order valence-corrected chi connectivity index (χ3v) is 5.42. The summed E-state index contributed by atoms with van der Waals surface area (Å²) in [6, 6.07) is 8.95. The standard InChI is InChI=1S/C22H27N3O4/c1-15-13-17(5-7-19(15)28-3)21(26)16-9-11-25(12-10-16)22(27)24(2)18-6-8-20(29-4)23-14-18/h5-8,13-14,16H,9-12H2,1-4H3. The summed E-state index contributed by atoms with van der Waals surface area (Å²) < 4.78 is 10.3. The fourth-order valence-electron chi connectivity index (χ4n) is 3.61. The van der Waals surface area contributed by atoms with E-state index in [4.69, 9.17) is 9.47 Å². The molecule has 154 valence electrons. The Kier molecular flexibility index (Phi) is 6.36. The molecule has 2 amide bonds. The van der Waals surface area contributed by atoms with Crippen molar-refractivity contribution < 1.29 is 19.1 Å². The molecule has 0 N–H and O–H groups in total. The van der Waals surface area contributed by atoms with E-state index in [-0.39, 0.29) is 17.7 Å². The van der Waals surface area contributed by atoms with Crippen molar-refractivity contribution in [3.05, 3.63) is 47.7 Å². The van der Waals surface area contributed by atoms with Crippen molar-refractivity contribution in [3.8, 4) is 11.6 Å². The molecule has 1 saturated heterocycles. The van der Waals surface area contributed by atoms with Crippen molar-refractivity contribution in [2.45, 2.75) is 19.8 Å². The largest absolute Gasteiger partial charge is 0.496 e. The summed E-state index contributed by atoms with van der Waals surface area (Å²) in [5.74, 6) is 1.34. The molecular weight excluding hydrogens is 370 g/mol. The van der Waals surface area contributed by atoms with Crippen molar-refractivity contribution in [3.63, 3.8) is 0 Å². The lowest BCUT2D eigenvalue weighted by atomic mass is 9.88. The number of amides is 2. The topological polar surface area (TPSA) is 72.0 Å². The van der Waals surface area contributed by atoms with Gasteiger partial charge in [0.05, 0.1) is 26.1 Å². The van der Waals surface area contributed by atoms with Gasteiger partial charge in [0.25, 0.3) is 0 Å². The number of likely N-dealkylation sites (tertiary alicyclic amines) is 1. The fraction of sp³-hybridized carbons (Fsp3) is 0.409. The number of aryl methyl sites for hydroxylation is 1. The van der Waals surface area contributed by atoms with E-state index in [1.54, 1.807) is 49.4 Å². The van der Waals surface area contributed by atoms with E-state index in [0.29, 0.717) is 43.1 Å². The predicted octanol–water partition coefficient (Wildman–Crippen LogP) is 3.56. The van der Waals surface area contributed by atoms with Gasteiger partial charge in [0.15, 0.2) is 5.78 Å². The summed E-state index contributed by atoms with van der Waals surface area (Å²) in [5, 5.41) is 0. The average molecular weight is 397 g/mol. The number of rotatable bonds is 5. The van der Waals surface area contributed by atoms with E-state index >= 15 is 0 Å². The maximum absolute atomic E-state index is 12.9. The molecule has 29 heavy (non-hydrogen) atoms. The molecule has 0 bridgehead atoms. The van der Waals surface area contributed by atoms with Gasteiger partial charge in [-0.1, -0.05) is 0 Å². The fourth-order valence-corrected chi connectivity index (χ4v) is 3.61. The van der Waals surface area contributed by atoms with Gasteiger partial charge < -0.3 is 14.4 Å². The van der Waals surface area contributed by atoms with Crippen LogP contribution in [-0.4, -0.2) is 56.1 Å². The highest BCUT2D eigenvalue weighted by atomic mass is 16.5. The summed E-state index contributed by atoms with van der Waals surface area (Å²) >= 11 is 0. The van der Waals surface area contributed by atoms with Crippen LogP contribution in [0.15, 0.2) is 36.5 Å². The van der Waals surface area contributed by atoms with Crippen LogP contribution in [0, 0.1) is 12.8 Å². The molecular formula is C22H27N3O4. The minimum Gasteiger partial charge on any atom is -0.496 e. The second kappa shape index (κ2) is 8.94. The monoisotopic (exact) mass is 397 g/mol. The lowest BCUT2D eigenvalue weighted by Crippen LogP contribution is -2.46. The number of ketones is 1. The van der Waals surface area contributed by atoms with E-state index in [1.165, 1.54) is 0 Å². The highest BCUT2D eigenvalue weighted by Crippen LogP contribution is 2.26. The normalized spacial score (nSPS) is 14.4. The molecule has 1 aliphatic rings. The molecule has 7 heteroatoms. The van der Waals surface area contributed by atoms with Gasteiger partial charge in [-0.25, -0.2) is 9.78 Å². The number of piperidine rings is 1. The van der Waals surface area contributed by atoms with Crippen LogP contribution in [0.2, 0.25) is 0 Å². The summed E-state index contributed by atoms with van der Waals surface area (Å²) in [4.78, 5) is 33.2. The van der Waals surface area contributed by atoms with Crippen LogP contribution in [0.3, 0.4) is 0 Å². The third kappa shape index (κ3) is 4.50. The molecule has 2 heterocycles. The number of carbonyl (C=O) groups excluding carboxylic acids is 2. The first kappa shape index (κ1) is 20.6. The Morgan fingerprint density at radius 3 is 2.38 bits per heavy atom. The van der Waals surface area contributed by atoms with Crippen LogP contribution in [0.1, 0.15) is 28.8 Å². The molecule has 0 spiro atoms. The Morgan fingerprint density at radius 2 is 1.83 bits per heavy atom. The van der Waals surface area contributed by atoms with Crippen molar-refractivity contribution >= 4 is 17.5 Å². The quantitative estimate of drug-likeness (QED) is 0.722. The maximum Gasteiger partial charge on any atom is 0.324 e. The van der Waals surface area contributed by atoms with Gasteiger partial charge in [-0.15, -0.1) is 0 Å². The van der Waals surface area contributed by atoms with Gasteiger partial charge in [-0.3, -0.25) is 9.69 Å². The van der Waals surface area contributed by atoms with E-state index in [1.807, 2.05) is 25.1 Å². The molecule has 0 aliphatic carbocycles. The Morgan fingerprint density at radius 1 is 1.10 bits per heavy atom. The number of nitrogens with zero attached hydrogens (tertiary/aromatic N) is 3. The first-order valence-corrected chi connectivity index (χ1v) is 9.66. The van der Waals surface area contributed by atoms with Crippen molar-refractivity contribution in [2.24, 2.45) is 5.92 Å². The zero-order valence-corrected chi connectivity index (χ0v) is 17.3. The molecule has 0 radical (unpaired) electrons. The SMILES string of the molecule is COc1ccc(N(C)C(=O)N2CCC(C(=O)c3ccc(OC)c(C)c3)CC2)cn1. The molecule has 1 aliphatic heterocycles. The molecule has 3 rings (SSSR count). The van der Waals surface area contributed by atoms with E-state index in [0.717, 1.165) is 11.3 Å². The zero-order valence-electron chi connectivity index (χ0n) is 17.3. The number of hydrogen-bond acceptors (Lipinski definition) is 5. The van der Waals surface area contributed by atoms with Crippen molar-refractivity contribution in [1.82, 2.24) is 9.88 Å². The van der Waals surface area contributed by atoms with Crippen molar-refractivity contribution in [2.75, 3.05) is 39.3 Å². The number of benzene rings is 1. The third-order valence-electron chi connectivity index (χ3n) is 5.42. The lowest BCUT2D eigenvalue weighted by Gasteiger charge is -2.34. The lowest BCUT2D eigenvalue weighted by molar-refractivity contribution is 0.0857. The van der Waals surface area contributed by atoms with Crippen LogP contribution in [-0.2, 0) is 0 Å². The van der Waals surface area contributed by atoms with Crippen LogP contribution in [0.4, 0.5) is 10.5 Å². The van der Waals surface area contributed by atoms with Gasteiger partial charge >= 0.3 is 6.03 Å². The summed E-state index contributed by atoms with van der Waals surface area (Å²) in [6.07, 6.45) is 2.92. The molecule has 1 fully saturated rings. The number of carbonyl (C=O) groups is 2. The number of urea groups is 1. The Bertz CT molecular complexity index is 874. The average Bonchev–Trinajstić information content (AvgIpc) is 2.77. The van der Waals surface area contributed by atoms with E-state index in [9.17, 15) is 9.59 Å². The Hall–Kier alpha value is -3.09. The second-order valence-corrected chi connectivity index (χ2v) is 7.21. The zero-order chi connectivity index (χ0) is 21.0. The number of aromatic nitrogens is 1. The number of pyridine rings is 1. The first-order chi connectivity index (χ1) is 13.9.